The predicted molar refractivity (Wildman–Crippen MR) is 44.3 cm³/mol. The Morgan fingerprint density at radius 2 is 2.09 bits per heavy atom. The van der Waals surface area contributed by atoms with Gasteiger partial charge in [0.25, 0.3) is 0 Å². The third kappa shape index (κ3) is 1.30. The first-order valence-corrected chi connectivity index (χ1v) is 4.64. The van der Waals surface area contributed by atoms with Crippen LogP contribution in [0.2, 0.25) is 0 Å². The van der Waals surface area contributed by atoms with E-state index in [0.717, 1.165) is 18.9 Å². The van der Waals surface area contributed by atoms with E-state index < -0.39 is 0 Å². The van der Waals surface area contributed by atoms with Crippen LogP contribution in [0, 0.1) is 11.8 Å². The van der Waals surface area contributed by atoms with Crippen LogP contribution in [-0.2, 0) is 0 Å². The van der Waals surface area contributed by atoms with Crippen LogP contribution >= 0.6 is 0 Å². The van der Waals surface area contributed by atoms with Gasteiger partial charge in [0.2, 0.25) is 0 Å². The summed E-state index contributed by atoms with van der Waals surface area (Å²) in [6.45, 7) is 2.33. The topological polar surface area (TPSA) is 23.5 Å². The van der Waals surface area contributed by atoms with E-state index in [4.69, 9.17) is 0 Å². The average Bonchev–Trinajstić information content (AvgIpc) is 2.31. The minimum absolute atomic E-state index is 0.00120. The van der Waals surface area contributed by atoms with Gasteiger partial charge in [-0.05, 0) is 25.8 Å². The largest absolute Gasteiger partial charge is 0.393 e. The number of rotatable bonds is 0. The highest BCUT2D eigenvalue weighted by molar-refractivity contribution is 4.89. The number of hydrogen-bond donors (Lipinski definition) is 1. The van der Waals surface area contributed by atoms with Gasteiger partial charge in [0, 0.05) is 19.0 Å². The smallest absolute Gasteiger partial charge is 0.0583 e. The number of fused-ring (bicyclic) bond motifs is 1. The predicted octanol–water partition coefficient (Wildman–Crippen LogP) is 0.709. The summed E-state index contributed by atoms with van der Waals surface area (Å²) in [6.07, 6.45) is 3.61. The second kappa shape index (κ2) is 2.76. The van der Waals surface area contributed by atoms with Gasteiger partial charge >= 0.3 is 0 Å². The van der Waals surface area contributed by atoms with E-state index in [2.05, 4.69) is 11.9 Å². The van der Waals surface area contributed by atoms with Gasteiger partial charge in [-0.15, -0.1) is 0 Å². The molecule has 0 aromatic rings. The van der Waals surface area contributed by atoms with Crippen molar-refractivity contribution in [1.82, 2.24) is 4.90 Å². The standard InChI is InChI=1S/C9H17NO/c1-10-5-7-3-2-4-9(11)8(7)6-10/h7-9,11H,2-6H2,1H3/t7-,8+,9-/m1/s1. The molecule has 3 atom stereocenters. The molecule has 0 amide bonds. The molecule has 1 aliphatic carbocycles. The maximum Gasteiger partial charge on any atom is 0.0583 e. The molecule has 11 heavy (non-hydrogen) atoms. The van der Waals surface area contributed by atoms with E-state index in [1.54, 1.807) is 0 Å². The molecule has 0 aromatic carbocycles. The maximum absolute atomic E-state index is 9.67. The molecule has 1 aliphatic heterocycles. The fraction of sp³-hybridized carbons (Fsp3) is 1.00. The molecule has 64 valence electrons. The Bertz CT molecular complexity index is 148. The van der Waals surface area contributed by atoms with Crippen molar-refractivity contribution >= 4 is 0 Å². The first-order chi connectivity index (χ1) is 5.27. The number of likely N-dealkylation sites (tertiary alicyclic amines) is 1. The first kappa shape index (κ1) is 7.56. The van der Waals surface area contributed by atoms with Gasteiger partial charge < -0.3 is 10.0 Å². The van der Waals surface area contributed by atoms with E-state index in [1.807, 2.05) is 0 Å². The lowest BCUT2D eigenvalue weighted by molar-refractivity contribution is 0.0552. The van der Waals surface area contributed by atoms with Crippen LogP contribution in [-0.4, -0.2) is 36.2 Å². The summed E-state index contributed by atoms with van der Waals surface area (Å²) in [6, 6.07) is 0. The van der Waals surface area contributed by atoms with Crippen LogP contribution < -0.4 is 0 Å². The lowest BCUT2D eigenvalue weighted by atomic mass is 9.80. The van der Waals surface area contributed by atoms with E-state index in [1.165, 1.54) is 19.4 Å². The Kier molecular flexibility index (Phi) is 1.90. The Labute approximate surface area is 68.2 Å². The van der Waals surface area contributed by atoms with Crippen LogP contribution in [0.5, 0.6) is 0 Å². The van der Waals surface area contributed by atoms with Gasteiger partial charge in [-0.2, -0.15) is 0 Å². The molecular weight excluding hydrogens is 138 g/mol. The molecular formula is C9H17NO. The Morgan fingerprint density at radius 3 is 2.82 bits per heavy atom. The molecule has 0 unspecified atom stereocenters. The highest BCUT2D eigenvalue weighted by Crippen LogP contribution is 2.35. The molecule has 2 heteroatoms. The average molecular weight is 155 g/mol. The second-order valence-electron chi connectivity index (χ2n) is 4.14. The molecule has 1 saturated heterocycles. The SMILES string of the molecule is CN1C[C@H]2CCC[C@@H](O)[C@H]2C1. The summed E-state index contributed by atoms with van der Waals surface area (Å²) < 4.78 is 0. The lowest BCUT2D eigenvalue weighted by Crippen LogP contribution is -2.31. The maximum atomic E-state index is 9.67. The summed E-state index contributed by atoms with van der Waals surface area (Å²) in [5.41, 5.74) is 0. The molecule has 2 fully saturated rings. The number of hydrogen-bond acceptors (Lipinski definition) is 2. The highest BCUT2D eigenvalue weighted by Gasteiger charge is 2.37. The Morgan fingerprint density at radius 1 is 1.27 bits per heavy atom. The molecule has 1 saturated carbocycles. The quantitative estimate of drug-likeness (QED) is 0.557. The van der Waals surface area contributed by atoms with Gasteiger partial charge in [-0.25, -0.2) is 0 Å². The van der Waals surface area contributed by atoms with Crippen LogP contribution in [0.1, 0.15) is 19.3 Å². The molecule has 2 aliphatic rings. The van der Waals surface area contributed by atoms with Crippen molar-refractivity contribution in [3.8, 4) is 0 Å². The third-order valence-corrected chi connectivity index (χ3v) is 3.24. The van der Waals surface area contributed by atoms with Crippen molar-refractivity contribution in [3.05, 3.63) is 0 Å². The van der Waals surface area contributed by atoms with Crippen LogP contribution in [0.3, 0.4) is 0 Å². The molecule has 0 radical (unpaired) electrons. The van der Waals surface area contributed by atoms with Gasteiger partial charge in [0.15, 0.2) is 0 Å². The fourth-order valence-electron chi connectivity index (χ4n) is 2.66. The zero-order valence-corrected chi connectivity index (χ0v) is 7.16. The number of aliphatic hydroxyl groups excluding tert-OH is 1. The Balaban J connectivity index is 2.03. The number of aliphatic hydroxyl groups is 1. The highest BCUT2D eigenvalue weighted by atomic mass is 16.3. The fourth-order valence-corrected chi connectivity index (χ4v) is 2.66. The van der Waals surface area contributed by atoms with E-state index in [9.17, 15) is 5.11 Å². The molecule has 1 N–H and O–H groups in total. The van der Waals surface area contributed by atoms with E-state index >= 15 is 0 Å². The minimum atomic E-state index is -0.00120. The van der Waals surface area contributed by atoms with Crippen LogP contribution in [0.25, 0.3) is 0 Å². The summed E-state index contributed by atoms with van der Waals surface area (Å²) >= 11 is 0. The van der Waals surface area contributed by atoms with Gasteiger partial charge in [-0.3, -0.25) is 0 Å². The molecule has 2 rings (SSSR count). The minimum Gasteiger partial charge on any atom is -0.393 e. The third-order valence-electron chi connectivity index (χ3n) is 3.24. The monoisotopic (exact) mass is 155 g/mol. The lowest BCUT2D eigenvalue weighted by Gasteiger charge is -2.28. The molecule has 2 nitrogen and oxygen atoms in total. The summed E-state index contributed by atoms with van der Waals surface area (Å²) in [5, 5.41) is 9.67. The van der Waals surface area contributed by atoms with Gasteiger partial charge in [0.05, 0.1) is 6.10 Å². The van der Waals surface area contributed by atoms with Gasteiger partial charge in [-0.1, -0.05) is 6.42 Å². The molecule has 0 spiro atoms. The van der Waals surface area contributed by atoms with E-state index in [0.29, 0.717) is 5.92 Å². The zero-order chi connectivity index (χ0) is 7.84. The van der Waals surface area contributed by atoms with Crippen LogP contribution in [0.15, 0.2) is 0 Å². The van der Waals surface area contributed by atoms with Crippen molar-refractivity contribution in [2.24, 2.45) is 11.8 Å². The second-order valence-corrected chi connectivity index (χ2v) is 4.14. The molecule has 1 heterocycles. The Hall–Kier alpha value is -0.0800. The molecule has 0 aromatic heterocycles. The van der Waals surface area contributed by atoms with Crippen LogP contribution in [0.4, 0.5) is 0 Å². The van der Waals surface area contributed by atoms with Crippen molar-refractivity contribution in [1.29, 1.82) is 0 Å². The van der Waals surface area contributed by atoms with Gasteiger partial charge in [0.1, 0.15) is 0 Å². The summed E-state index contributed by atoms with van der Waals surface area (Å²) in [5.74, 6) is 1.39. The normalized spacial score (nSPS) is 45.8. The van der Waals surface area contributed by atoms with E-state index in [-0.39, 0.29) is 6.10 Å². The zero-order valence-electron chi connectivity index (χ0n) is 7.16. The first-order valence-electron chi connectivity index (χ1n) is 4.64. The van der Waals surface area contributed by atoms with Crippen molar-refractivity contribution < 1.29 is 5.11 Å². The van der Waals surface area contributed by atoms with Crippen molar-refractivity contribution in [3.63, 3.8) is 0 Å². The summed E-state index contributed by atoms with van der Waals surface area (Å²) in [4.78, 5) is 2.35. The van der Waals surface area contributed by atoms with Crippen molar-refractivity contribution in [2.75, 3.05) is 20.1 Å². The number of nitrogens with zero attached hydrogens (tertiary/aromatic N) is 1. The summed E-state index contributed by atoms with van der Waals surface area (Å²) in [7, 11) is 2.16. The molecule has 0 bridgehead atoms. The van der Waals surface area contributed by atoms with Crippen molar-refractivity contribution in [2.45, 2.75) is 25.4 Å².